The first-order chi connectivity index (χ1) is 14.1. The number of carbonyl (C=O) groups excluding carboxylic acids is 1. The van der Waals surface area contributed by atoms with E-state index in [9.17, 15) is 10.1 Å². The molecule has 0 bridgehead atoms. The van der Waals surface area contributed by atoms with Crippen molar-refractivity contribution in [3.8, 4) is 11.8 Å². The van der Waals surface area contributed by atoms with Gasteiger partial charge in [-0.3, -0.25) is 4.79 Å². The second kappa shape index (κ2) is 9.85. The predicted molar refractivity (Wildman–Crippen MR) is 117 cm³/mol. The molecule has 1 amide bonds. The minimum absolute atomic E-state index is 0.0276. The van der Waals surface area contributed by atoms with Crippen LogP contribution in [-0.2, 0) is 11.4 Å². The van der Waals surface area contributed by atoms with Gasteiger partial charge in [0, 0.05) is 0 Å². The van der Waals surface area contributed by atoms with E-state index in [1.807, 2.05) is 38.1 Å². The van der Waals surface area contributed by atoms with E-state index in [0.29, 0.717) is 22.6 Å². The van der Waals surface area contributed by atoms with Crippen molar-refractivity contribution < 1.29 is 9.53 Å². The van der Waals surface area contributed by atoms with Gasteiger partial charge in [-0.2, -0.15) is 5.26 Å². The van der Waals surface area contributed by atoms with Crippen molar-refractivity contribution in [1.82, 2.24) is 20.2 Å². The summed E-state index contributed by atoms with van der Waals surface area (Å²) in [5, 5.41) is 20.2. The number of benzene rings is 1. The largest absolute Gasteiger partial charge is 0.486 e. The number of thioether (sulfide) groups is 1. The molecule has 9 heteroatoms. The lowest BCUT2D eigenvalue weighted by Crippen LogP contribution is -2.51. The van der Waals surface area contributed by atoms with Crippen molar-refractivity contribution in [2.45, 2.75) is 70.0 Å². The van der Waals surface area contributed by atoms with Crippen molar-refractivity contribution in [3.05, 3.63) is 35.7 Å². The molecular weight excluding hydrogens is 400 g/mol. The highest BCUT2D eigenvalue weighted by Gasteiger charge is 2.32. The number of hydrogen-bond acceptors (Lipinski definition) is 7. The highest BCUT2D eigenvalue weighted by molar-refractivity contribution is 8.00. The fourth-order valence-corrected chi connectivity index (χ4v) is 3.24. The zero-order chi connectivity index (χ0) is 22.5. The van der Waals surface area contributed by atoms with Crippen LogP contribution >= 0.6 is 11.8 Å². The van der Waals surface area contributed by atoms with Gasteiger partial charge in [-0.15, -0.1) is 10.2 Å². The van der Waals surface area contributed by atoms with Crippen LogP contribution in [0.3, 0.4) is 0 Å². The Hall–Kier alpha value is -2.73. The fourth-order valence-electron chi connectivity index (χ4n) is 2.45. The molecule has 30 heavy (non-hydrogen) atoms. The number of nitriles is 1. The van der Waals surface area contributed by atoms with Crippen LogP contribution in [0.15, 0.2) is 29.4 Å². The summed E-state index contributed by atoms with van der Waals surface area (Å²) in [6.07, 6.45) is 0. The van der Waals surface area contributed by atoms with Crippen molar-refractivity contribution in [2.75, 3.05) is 5.84 Å². The van der Waals surface area contributed by atoms with E-state index in [4.69, 9.17) is 10.6 Å². The van der Waals surface area contributed by atoms with E-state index in [0.717, 1.165) is 0 Å². The number of nitrogen functional groups attached to an aromatic ring is 1. The molecule has 0 saturated heterocycles. The van der Waals surface area contributed by atoms with Gasteiger partial charge in [0.25, 0.3) is 0 Å². The van der Waals surface area contributed by atoms with Gasteiger partial charge in [-0.25, -0.2) is 4.68 Å². The molecule has 1 heterocycles. The SMILES string of the molecule is CC(C)c1ccc(OCc2nnc(S[C@@H](C)C(=O)N[C@](C)(C#N)C(C)C)n2N)cc1. The monoisotopic (exact) mass is 430 g/mol. The molecule has 0 fully saturated rings. The summed E-state index contributed by atoms with van der Waals surface area (Å²) in [4.78, 5) is 12.5. The third-order valence-electron chi connectivity index (χ3n) is 5.07. The molecule has 2 atom stereocenters. The van der Waals surface area contributed by atoms with Crippen molar-refractivity contribution in [2.24, 2.45) is 5.92 Å². The molecule has 0 spiro atoms. The number of nitrogens with one attached hydrogen (secondary N) is 1. The Morgan fingerprint density at radius 1 is 1.27 bits per heavy atom. The van der Waals surface area contributed by atoms with Gasteiger partial charge in [0.05, 0.1) is 11.3 Å². The van der Waals surface area contributed by atoms with E-state index in [2.05, 4.69) is 35.4 Å². The van der Waals surface area contributed by atoms with Gasteiger partial charge in [0.2, 0.25) is 11.1 Å². The zero-order valence-electron chi connectivity index (χ0n) is 18.3. The van der Waals surface area contributed by atoms with Gasteiger partial charge >= 0.3 is 0 Å². The average Bonchev–Trinajstić information content (AvgIpc) is 3.05. The summed E-state index contributed by atoms with van der Waals surface area (Å²) in [6.45, 7) is 11.7. The average molecular weight is 431 g/mol. The maximum Gasteiger partial charge on any atom is 0.234 e. The molecule has 0 aliphatic heterocycles. The molecular formula is C21H30N6O2S. The third kappa shape index (κ3) is 5.66. The highest BCUT2D eigenvalue weighted by Crippen LogP contribution is 2.24. The van der Waals surface area contributed by atoms with Gasteiger partial charge < -0.3 is 15.9 Å². The Kier molecular flexibility index (Phi) is 7.73. The number of aromatic nitrogens is 3. The molecule has 0 radical (unpaired) electrons. The lowest BCUT2D eigenvalue weighted by Gasteiger charge is -2.28. The van der Waals surface area contributed by atoms with E-state index < -0.39 is 10.8 Å². The predicted octanol–water partition coefficient (Wildman–Crippen LogP) is 3.23. The number of nitrogens with zero attached hydrogens (tertiary/aromatic N) is 4. The zero-order valence-corrected chi connectivity index (χ0v) is 19.2. The molecule has 8 nitrogen and oxygen atoms in total. The standard InChI is InChI=1S/C21H30N6O2S/c1-13(2)16-7-9-17(10-8-16)29-11-18-25-26-20(27(18)23)30-15(5)19(28)24-21(6,12-22)14(3)4/h7-10,13-15H,11,23H2,1-6H3,(H,24,28)/t15-,21+/m0/s1. The summed E-state index contributed by atoms with van der Waals surface area (Å²) >= 11 is 1.18. The Morgan fingerprint density at radius 2 is 1.90 bits per heavy atom. The van der Waals surface area contributed by atoms with E-state index in [1.165, 1.54) is 22.0 Å². The molecule has 2 aromatic rings. The number of ether oxygens (including phenoxy) is 1. The maximum atomic E-state index is 12.5. The summed E-state index contributed by atoms with van der Waals surface area (Å²) in [5.41, 5.74) is 0.298. The van der Waals surface area contributed by atoms with Gasteiger partial charge in [-0.1, -0.05) is 51.6 Å². The molecule has 162 valence electrons. The van der Waals surface area contributed by atoms with Crippen LogP contribution in [0.1, 0.15) is 58.8 Å². The van der Waals surface area contributed by atoms with Crippen LogP contribution in [0, 0.1) is 17.2 Å². The van der Waals surface area contributed by atoms with E-state index >= 15 is 0 Å². The number of hydrogen-bond donors (Lipinski definition) is 2. The lowest BCUT2D eigenvalue weighted by molar-refractivity contribution is -0.121. The first-order valence-electron chi connectivity index (χ1n) is 9.89. The summed E-state index contributed by atoms with van der Waals surface area (Å²) in [7, 11) is 0. The normalized spacial score (nSPS) is 14.2. The maximum absolute atomic E-state index is 12.5. The van der Waals surface area contributed by atoms with Crippen LogP contribution in [0.4, 0.5) is 0 Å². The molecule has 3 N–H and O–H groups in total. The second-order valence-electron chi connectivity index (χ2n) is 8.00. The fraction of sp³-hybridized carbons (Fsp3) is 0.524. The minimum Gasteiger partial charge on any atom is -0.486 e. The second-order valence-corrected chi connectivity index (χ2v) is 9.31. The topological polar surface area (TPSA) is 119 Å². The minimum atomic E-state index is -0.938. The van der Waals surface area contributed by atoms with Gasteiger partial charge in [0.1, 0.15) is 17.9 Å². The quantitative estimate of drug-likeness (QED) is 0.463. The lowest BCUT2D eigenvalue weighted by atomic mass is 9.90. The Bertz CT molecular complexity index is 903. The first kappa shape index (κ1) is 23.5. The van der Waals surface area contributed by atoms with Crippen LogP contribution in [0.5, 0.6) is 5.75 Å². The van der Waals surface area contributed by atoms with Gasteiger partial charge in [-0.05, 0) is 43.4 Å². The molecule has 0 aliphatic carbocycles. The number of rotatable bonds is 9. The Balaban J connectivity index is 1.97. The van der Waals surface area contributed by atoms with Crippen LogP contribution in [0.2, 0.25) is 0 Å². The first-order valence-corrected chi connectivity index (χ1v) is 10.8. The number of nitrogens with two attached hydrogens (primary N) is 1. The molecule has 1 aromatic carbocycles. The molecule has 0 aliphatic rings. The molecule has 2 rings (SSSR count). The van der Waals surface area contributed by atoms with E-state index in [1.54, 1.807) is 13.8 Å². The van der Waals surface area contributed by atoms with E-state index in [-0.39, 0.29) is 18.4 Å². The van der Waals surface area contributed by atoms with Crippen LogP contribution in [-0.4, -0.2) is 31.6 Å². The Morgan fingerprint density at radius 3 is 2.43 bits per heavy atom. The van der Waals surface area contributed by atoms with Crippen molar-refractivity contribution >= 4 is 17.7 Å². The van der Waals surface area contributed by atoms with Crippen molar-refractivity contribution in [3.63, 3.8) is 0 Å². The van der Waals surface area contributed by atoms with Crippen LogP contribution in [0.25, 0.3) is 0 Å². The summed E-state index contributed by atoms with van der Waals surface area (Å²) < 4.78 is 7.07. The summed E-state index contributed by atoms with van der Waals surface area (Å²) in [5.74, 6) is 7.42. The highest BCUT2D eigenvalue weighted by atomic mass is 32.2. The van der Waals surface area contributed by atoms with Crippen LogP contribution < -0.4 is 15.9 Å². The smallest absolute Gasteiger partial charge is 0.234 e. The third-order valence-corrected chi connectivity index (χ3v) is 6.13. The Labute approximate surface area is 182 Å². The summed E-state index contributed by atoms with van der Waals surface area (Å²) in [6, 6.07) is 10.1. The number of amides is 1. The number of carbonyl (C=O) groups is 1. The molecule has 1 aromatic heterocycles. The van der Waals surface area contributed by atoms with Gasteiger partial charge in [0.15, 0.2) is 5.82 Å². The molecule has 0 unspecified atom stereocenters. The molecule has 0 saturated carbocycles. The van der Waals surface area contributed by atoms with Crippen molar-refractivity contribution in [1.29, 1.82) is 5.26 Å².